The summed E-state index contributed by atoms with van der Waals surface area (Å²) in [5, 5.41) is 18.2. The van der Waals surface area contributed by atoms with E-state index in [1.54, 1.807) is 0 Å². The molecule has 8 aromatic rings. The number of para-hydroxylation sites is 2. The molecule has 0 bridgehead atoms. The van der Waals surface area contributed by atoms with Crippen molar-refractivity contribution in [3.05, 3.63) is 170 Å². The normalized spacial score (nSPS) is 11.0. The van der Waals surface area contributed by atoms with Gasteiger partial charge in [-0.15, -0.1) is 9.36 Å². The predicted octanol–water partition coefficient (Wildman–Crippen LogP) is 6.40. The van der Waals surface area contributed by atoms with Gasteiger partial charge < -0.3 is 0 Å². The van der Waals surface area contributed by atoms with Crippen molar-refractivity contribution >= 4 is 0 Å². The zero-order valence-electron chi connectivity index (χ0n) is 24.7. The first-order valence-electron chi connectivity index (χ1n) is 15.0. The Labute approximate surface area is 265 Å². The smallest absolute Gasteiger partial charge is 0.115 e. The van der Waals surface area contributed by atoms with Crippen LogP contribution in [0.2, 0.25) is 0 Å². The standard InChI is InChI=1S/C38H28N8/c1-5-13-31(14-6-1)37-39-41-45(35-17-9-3-10-18-35)43(37)33-25-21-29(22-26-33)30-23-27-34(28-24-30)44-38(32-15-7-2-8-16-32)40-42-46(44)36-19-11-4-12-20-36/h1-28H/q+2. The highest BCUT2D eigenvalue weighted by Crippen LogP contribution is 2.23. The number of aromatic nitrogens is 8. The second kappa shape index (κ2) is 11.9. The predicted molar refractivity (Wildman–Crippen MR) is 176 cm³/mol. The molecule has 46 heavy (non-hydrogen) atoms. The first-order chi connectivity index (χ1) is 22.8. The summed E-state index contributed by atoms with van der Waals surface area (Å²) in [7, 11) is 0. The Kier molecular flexibility index (Phi) is 6.97. The van der Waals surface area contributed by atoms with Crippen molar-refractivity contribution in [2.75, 3.05) is 0 Å². The minimum absolute atomic E-state index is 0.761. The van der Waals surface area contributed by atoms with Crippen LogP contribution in [0.3, 0.4) is 0 Å². The SMILES string of the molecule is c1ccc(-c2nnn(-c3ccccc3)[n+]2-c2ccc(-c3ccc(-[n+]4c(-c5ccccc5)nnn4-c4ccccc4)cc3)cc2)cc1. The number of tetrazole rings is 2. The minimum Gasteiger partial charge on any atom is -0.115 e. The van der Waals surface area contributed by atoms with E-state index in [9.17, 15) is 0 Å². The van der Waals surface area contributed by atoms with E-state index in [2.05, 4.69) is 69.2 Å². The van der Waals surface area contributed by atoms with E-state index in [1.807, 2.05) is 140 Å². The molecule has 2 heterocycles. The van der Waals surface area contributed by atoms with Gasteiger partial charge in [-0.25, -0.2) is 0 Å². The fourth-order valence-electron chi connectivity index (χ4n) is 5.56. The molecule has 0 spiro atoms. The summed E-state index contributed by atoms with van der Waals surface area (Å²) < 4.78 is 4.08. The highest BCUT2D eigenvalue weighted by Gasteiger charge is 2.26. The summed E-state index contributed by atoms with van der Waals surface area (Å²) >= 11 is 0. The van der Waals surface area contributed by atoms with Crippen molar-refractivity contribution in [1.82, 2.24) is 30.2 Å². The molecule has 0 unspecified atom stereocenters. The van der Waals surface area contributed by atoms with Crippen molar-refractivity contribution in [1.29, 1.82) is 0 Å². The topological polar surface area (TPSA) is 69.2 Å². The molecule has 0 amide bonds. The molecule has 0 aliphatic rings. The summed E-state index contributed by atoms with van der Waals surface area (Å²) in [6.07, 6.45) is 0. The molecule has 0 aliphatic carbocycles. The summed E-state index contributed by atoms with van der Waals surface area (Å²) in [4.78, 5) is 3.66. The average Bonchev–Trinajstić information content (AvgIpc) is 3.79. The molecule has 0 fully saturated rings. The van der Waals surface area contributed by atoms with Crippen LogP contribution in [0.5, 0.6) is 0 Å². The third-order valence-corrected chi connectivity index (χ3v) is 7.82. The van der Waals surface area contributed by atoms with Gasteiger partial charge in [0, 0.05) is 0 Å². The highest BCUT2D eigenvalue weighted by atomic mass is 15.6. The van der Waals surface area contributed by atoms with Crippen LogP contribution < -0.4 is 9.36 Å². The Balaban J connectivity index is 1.16. The summed E-state index contributed by atoms with van der Waals surface area (Å²) in [6, 6.07) is 57.3. The van der Waals surface area contributed by atoms with Crippen LogP contribution in [0.15, 0.2) is 170 Å². The lowest BCUT2D eigenvalue weighted by atomic mass is 10.0. The van der Waals surface area contributed by atoms with E-state index in [0.717, 1.165) is 56.7 Å². The van der Waals surface area contributed by atoms with Crippen LogP contribution in [0, 0.1) is 0 Å². The van der Waals surface area contributed by atoms with Gasteiger partial charge in [0.05, 0.1) is 11.1 Å². The average molecular weight is 597 g/mol. The van der Waals surface area contributed by atoms with Gasteiger partial charge in [0.25, 0.3) is 0 Å². The van der Waals surface area contributed by atoms with Gasteiger partial charge in [0.2, 0.25) is 0 Å². The molecule has 2 aromatic heterocycles. The third kappa shape index (κ3) is 5.03. The molecule has 8 heteroatoms. The largest absolute Gasteiger partial charge is 0.337 e. The Morgan fingerprint density at radius 2 is 0.652 bits per heavy atom. The fourth-order valence-corrected chi connectivity index (χ4v) is 5.56. The fraction of sp³-hybridized carbons (Fsp3) is 0. The van der Waals surface area contributed by atoms with E-state index in [1.165, 1.54) is 0 Å². The van der Waals surface area contributed by atoms with Gasteiger partial charge in [-0.05, 0) is 93.5 Å². The van der Waals surface area contributed by atoms with Crippen LogP contribution in [-0.2, 0) is 0 Å². The molecule has 218 valence electrons. The van der Waals surface area contributed by atoms with Crippen LogP contribution in [-0.4, -0.2) is 30.2 Å². The maximum absolute atomic E-state index is 4.57. The minimum atomic E-state index is 0.761. The number of hydrogen-bond donors (Lipinski definition) is 0. The first-order valence-corrected chi connectivity index (χ1v) is 15.0. The van der Waals surface area contributed by atoms with Gasteiger partial charge in [-0.2, -0.15) is 0 Å². The Morgan fingerprint density at radius 3 is 1.00 bits per heavy atom. The molecule has 0 aliphatic heterocycles. The van der Waals surface area contributed by atoms with Gasteiger partial charge in [0.1, 0.15) is 32.9 Å². The van der Waals surface area contributed by atoms with E-state index >= 15 is 0 Å². The maximum atomic E-state index is 4.57. The van der Waals surface area contributed by atoms with Gasteiger partial charge in [0.15, 0.2) is 10.4 Å². The highest BCUT2D eigenvalue weighted by molar-refractivity contribution is 5.65. The van der Waals surface area contributed by atoms with E-state index in [-0.39, 0.29) is 0 Å². The lowest BCUT2D eigenvalue weighted by molar-refractivity contribution is -0.670. The van der Waals surface area contributed by atoms with E-state index < -0.39 is 0 Å². The molecule has 0 saturated heterocycles. The van der Waals surface area contributed by atoms with Gasteiger partial charge >= 0.3 is 11.6 Å². The molecule has 8 nitrogen and oxygen atoms in total. The van der Waals surface area contributed by atoms with Crippen molar-refractivity contribution in [3.8, 4) is 56.7 Å². The van der Waals surface area contributed by atoms with Gasteiger partial charge in [-0.1, -0.05) is 97.1 Å². The summed E-state index contributed by atoms with van der Waals surface area (Å²) in [5.74, 6) is 1.52. The zero-order valence-corrected chi connectivity index (χ0v) is 24.7. The molecule has 0 radical (unpaired) electrons. The monoisotopic (exact) mass is 596 g/mol. The quantitative estimate of drug-likeness (QED) is 0.200. The molecule has 8 rings (SSSR count). The van der Waals surface area contributed by atoms with E-state index in [0.29, 0.717) is 0 Å². The van der Waals surface area contributed by atoms with Crippen molar-refractivity contribution in [3.63, 3.8) is 0 Å². The van der Waals surface area contributed by atoms with Crippen LogP contribution >= 0.6 is 0 Å². The molecule has 0 N–H and O–H groups in total. The summed E-state index contributed by atoms with van der Waals surface area (Å²) in [5.41, 5.74) is 7.92. The Morgan fingerprint density at radius 1 is 0.326 bits per heavy atom. The van der Waals surface area contributed by atoms with Crippen LogP contribution in [0.25, 0.3) is 56.7 Å². The second-order valence-corrected chi connectivity index (χ2v) is 10.7. The van der Waals surface area contributed by atoms with Crippen LogP contribution in [0.4, 0.5) is 0 Å². The lowest BCUT2D eigenvalue weighted by Crippen LogP contribution is -2.42. The van der Waals surface area contributed by atoms with Crippen molar-refractivity contribution in [2.24, 2.45) is 0 Å². The number of benzene rings is 6. The molecule has 6 aromatic carbocycles. The van der Waals surface area contributed by atoms with Crippen molar-refractivity contribution in [2.45, 2.75) is 0 Å². The second-order valence-electron chi connectivity index (χ2n) is 10.7. The Bertz CT molecular complexity index is 1930. The first kappa shape index (κ1) is 27.0. The van der Waals surface area contributed by atoms with Crippen molar-refractivity contribution < 1.29 is 9.36 Å². The van der Waals surface area contributed by atoms with E-state index in [4.69, 9.17) is 0 Å². The molecule has 0 saturated carbocycles. The molecule has 0 atom stereocenters. The lowest BCUT2D eigenvalue weighted by Gasteiger charge is -2.08. The summed E-state index contributed by atoms with van der Waals surface area (Å²) in [6.45, 7) is 0. The molecular formula is C38H28N8+2. The molecular weight excluding hydrogens is 568 g/mol. The van der Waals surface area contributed by atoms with Gasteiger partial charge in [-0.3, -0.25) is 0 Å². The van der Waals surface area contributed by atoms with Crippen LogP contribution in [0.1, 0.15) is 0 Å². The third-order valence-electron chi connectivity index (χ3n) is 7.82. The zero-order chi connectivity index (χ0) is 30.7. The number of hydrogen-bond acceptors (Lipinski definition) is 4. The Hall–Kier alpha value is -6.54. The maximum Gasteiger partial charge on any atom is 0.337 e. The number of rotatable bonds is 7. The number of nitrogens with zero attached hydrogens (tertiary/aromatic N) is 8.